The van der Waals surface area contributed by atoms with Crippen LogP contribution in [0.5, 0.6) is 0 Å². The first-order chi connectivity index (χ1) is 8.54. The zero-order chi connectivity index (χ0) is 13.5. The van der Waals surface area contributed by atoms with Gasteiger partial charge in [-0.1, -0.05) is 13.8 Å². The van der Waals surface area contributed by atoms with E-state index >= 15 is 0 Å². The second kappa shape index (κ2) is 7.71. The Morgan fingerprint density at radius 1 is 1.50 bits per heavy atom. The smallest absolute Gasteiger partial charge is 0.132 e. The van der Waals surface area contributed by atoms with Crippen LogP contribution in [0.4, 0.5) is 5.82 Å². The van der Waals surface area contributed by atoms with Gasteiger partial charge in [0.15, 0.2) is 0 Å². The van der Waals surface area contributed by atoms with E-state index in [0.29, 0.717) is 12.6 Å². The highest BCUT2D eigenvalue weighted by Crippen LogP contribution is 2.20. The molecular formula is C13H22BrN3O. The van der Waals surface area contributed by atoms with E-state index < -0.39 is 0 Å². The van der Waals surface area contributed by atoms with E-state index in [9.17, 15) is 0 Å². The van der Waals surface area contributed by atoms with Crippen LogP contribution in [0, 0.1) is 0 Å². The Morgan fingerprint density at radius 3 is 2.83 bits per heavy atom. The second-order valence-corrected chi connectivity index (χ2v) is 5.50. The summed E-state index contributed by atoms with van der Waals surface area (Å²) in [5, 5.41) is 3.42. The van der Waals surface area contributed by atoms with Crippen LogP contribution in [0.3, 0.4) is 0 Å². The molecule has 1 aromatic rings. The molecule has 0 aromatic carbocycles. The third kappa shape index (κ3) is 4.92. The molecule has 0 atom stereocenters. The van der Waals surface area contributed by atoms with Gasteiger partial charge in [-0.15, -0.1) is 0 Å². The van der Waals surface area contributed by atoms with Crippen LogP contribution < -0.4 is 10.2 Å². The first-order valence-corrected chi connectivity index (χ1v) is 6.91. The van der Waals surface area contributed by atoms with Crippen LogP contribution in [0.25, 0.3) is 0 Å². The summed E-state index contributed by atoms with van der Waals surface area (Å²) in [6, 6.07) is 2.57. The maximum Gasteiger partial charge on any atom is 0.132 e. The first-order valence-electron chi connectivity index (χ1n) is 6.12. The maximum absolute atomic E-state index is 5.10. The molecule has 18 heavy (non-hydrogen) atoms. The fourth-order valence-corrected chi connectivity index (χ4v) is 1.97. The average Bonchev–Trinajstić information content (AvgIpc) is 2.33. The summed E-state index contributed by atoms with van der Waals surface area (Å²) in [4.78, 5) is 6.61. The molecule has 0 aliphatic rings. The van der Waals surface area contributed by atoms with Crippen molar-refractivity contribution in [1.82, 2.24) is 10.3 Å². The van der Waals surface area contributed by atoms with Gasteiger partial charge in [0, 0.05) is 49.5 Å². The van der Waals surface area contributed by atoms with Gasteiger partial charge in [-0.3, -0.25) is 0 Å². The Bertz CT molecular complexity index is 371. The minimum absolute atomic E-state index is 0.459. The second-order valence-electron chi connectivity index (χ2n) is 4.59. The molecule has 0 aliphatic heterocycles. The molecule has 0 saturated carbocycles. The van der Waals surface area contributed by atoms with Crippen molar-refractivity contribution in [2.75, 3.05) is 32.2 Å². The monoisotopic (exact) mass is 315 g/mol. The van der Waals surface area contributed by atoms with E-state index in [1.54, 1.807) is 7.11 Å². The molecule has 0 fully saturated rings. The van der Waals surface area contributed by atoms with Crippen LogP contribution in [-0.2, 0) is 11.3 Å². The molecule has 0 spiro atoms. The number of hydrogen-bond donors (Lipinski definition) is 1. The van der Waals surface area contributed by atoms with Gasteiger partial charge in [-0.05, 0) is 22.0 Å². The van der Waals surface area contributed by atoms with Gasteiger partial charge in [0.05, 0.1) is 6.61 Å². The molecule has 0 amide bonds. The van der Waals surface area contributed by atoms with Crippen LogP contribution in [0.2, 0.25) is 0 Å². The summed E-state index contributed by atoms with van der Waals surface area (Å²) in [6.07, 6.45) is 1.83. The molecule has 1 aromatic heterocycles. The molecule has 0 saturated heterocycles. The molecule has 1 rings (SSSR count). The van der Waals surface area contributed by atoms with Crippen LogP contribution in [-0.4, -0.2) is 38.3 Å². The normalized spacial score (nSPS) is 11.0. The Hall–Kier alpha value is -0.650. The van der Waals surface area contributed by atoms with E-state index in [-0.39, 0.29) is 0 Å². The SMILES string of the molecule is COCCN(C)c1ncc(Br)cc1CNC(C)C. The largest absolute Gasteiger partial charge is 0.383 e. The van der Waals surface area contributed by atoms with Gasteiger partial charge < -0.3 is 15.0 Å². The first kappa shape index (κ1) is 15.4. The maximum atomic E-state index is 5.10. The molecular weight excluding hydrogens is 294 g/mol. The molecule has 0 aliphatic carbocycles. The van der Waals surface area contributed by atoms with Crippen molar-refractivity contribution >= 4 is 21.7 Å². The number of pyridine rings is 1. The minimum Gasteiger partial charge on any atom is -0.383 e. The van der Waals surface area contributed by atoms with Gasteiger partial charge >= 0.3 is 0 Å². The molecule has 1 heterocycles. The molecule has 0 bridgehead atoms. The highest BCUT2D eigenvalue weighted by atomic mass is 79.9. The lowest BCUT2D eigenvalue weighted by Crippen LogP contribution is -2.27. The van der Waals surface area contributed by atoms with E-state index in [2.05, 4.69) is 51.0 Å². The summed E-state index contributed by atoms with van der Waals surface area (Å²) in [7, 11) is 3.75. The fraction of sp³-hybridized carbons (Fsp3) is 0.615. The van der Waals surface area contributed by atoms with Crippen molar-refractivity contribution in [2.24, 2.45) is 0 Å². The topological polar surface area (TPSA) is 37.4 Å². The number of hydrogen-bond acceptors (Lipinski definition) is 4. The van der Waals surface area contributed by atoms with Crippen LogP contribution in [0.1, 0.15) is 19.4 Å². The number of nitrogens with zero attached hydrogens (tertiary/aromatic N) is 2. The van der Waals surface area contributed by atoms with Gasteiger partial charge in [0.2, 0.25) is 0 Å². The predicted octanol–water partition coefficient (Wildman–Crippen LogP) is 2.42. The standard InChI is InChI=1S/C13H22BrN3O/c1-10(2)15-8-11-7-12(14)9-16-13(11)17(3)5-6-18-4/h7,9-10,15H,5-6,8H2,1-4H3. The highest BCUT2D eigenvalue weighted by Gasteiger charge is 2.10. The third-order valence-corrected chi connectivity index (χ3v) is 3.04. The minimum atomic E-state index is 0.459. The number of ether oxygens (including phenoxy) is 1. The number of likely N-dealkylation sites (N-methyl/N-ethyl adjacent to an activating group) is 1. The summed E-state index contributed by atoms with van der Waals surface area (Å²) < 4.78 is 6.11. The van der Waals surface area contributed by atoms with Crippen LogP contribution in [0.15, 0.2) is 16.7 Å². The molecule has 4 nitrogen and oxygen atoms in total. The summed E-state index contributed by atoms with van der Waals surface area (Å²) >= 11 is 3.47. The number of methoxy groups -OCH3 is 1. The third-order valence-electron chi connectivity index (χ3n) is 2.60. The zero-order valence-electron chi connectivity index (χ0n) is 11.5. The molecule has 1 N–H and O–H groups in total. The summed E-state index contributed by atoms with van der Waals surface area (Å²) in [6.45, 7) is 6.63. The van der Waals surface area contributed by atoms with Crippen molar-refractivity contribution in [3.63, 3.8) is 0 Å². The van der Waals surface area contributed by atoms with E-state index in [4.69, 9.17) is 4.74 Å². The number of rotatable bonds is 7. The molecule has 5 heteroatoms. The number of anilines is 1. The number of aromatic nitrogens is 1. The lowest BCUT2D eigenvalue weighted by molar-refractivity contribution is 0.206. The quantitative estimate of drug-likeness (QED) is 0.838. The lowest BCUT2D eigenvalue weighted by atomic mass is 10.2. The highest BCUT2D eigenvalue weighted by molar-refractivity contribution is 9.10. The van der Waals surface area contributed by atoms with Crippen molar-refractivity contribution in [3.05, 3.63) is 22.3 Å². The van der Waals surface area contributed by atoms with E-state index in [1.165, 1.54) is 5.56 Å². The van der Waals surface area contributed by atoms with Gasteiger partial charge in [0.25, 0.3) is 0 Å². The number of halogens is 1. The van der Waals surface area contributed by atoms with Crippen molar-refractivity contribution in [1.29, 1.82) is 0 Å². The van der Waals surface area contributed by atoms with Crippen molar-refractivity contribution in [3.8, 4) is 0 Å². The van der Waals surface area contributed by atoms with E-state index in [0.717, 1.165) is 23.4 Å². The van der Waals surface area contributed by atoms with E-state index in [1.807, 2.05) is 13.2 Å². The average molecular weight is 316 g/mol. The Balaban J connectivity index is 2.81. The van der Waals surface area contributed by atoms with Crippen LogP contribution >= 0.6 is 15.9 Å². The van der Waals surface area contributed by atoms with Gasteiger partial charge in [0.1, 0.15) is 5.82 Å². The number of nitrogens with one attached hydrogen (secondary N) is 1. The van der Waals surface area contributed by atoms with Gasteiger partial charge in [-0.2, -0.15) is 0 Å². The molecule has 102 valence electrons. The van der Waals surface area contributed by atoms with Crippen molar-refractivity contribution < 1.29 is 4.74 Å². The summed E-state index contributed by atoms with van der Waals surface area (Å²) in [5.41, 5.74) is 1.19. The lowest BCUT2D eigenvalue weighted by Gasteiger charge is -2.21. The molecule has 0 radical (unpaired) electrons. The van der Waals surface area contributed by atoms with Gasteiger partial charge in [-0.25, -0.2) is 4.98 Å². The Morgan fingerprint density at radius 2 is 2.22 bits per heavy atom. The predicted molar refractivity (Wildman–Crippen MR) is 79.1 cm³/mol. The van der Waals surface area contributed by atoms with Crippen molar-refractivity contribution in [2.45, 2.75) is 26.4 Å². The zero-order valence-corrected chi connectivity index (χ0v) is 13.1. The Kier molecular flexibility index (Phi) is 6.60. The fourth-order valence-electron chi connectivity index (χ4n) is 1.60. The Labute approximate surface area is 118 Å². The molecule has 0 unspecified atom stereocenters. The summed E-state index contributed by atoms with van der Waals surface area (Å²) in [5.74, 6) is 1.00.